The summed E-state index contributed by atoms with van der Waals surface area (Å²) in [7, 11) is 0. The van der Waals surface area contributed by atoms with Gasteiger partial charge in [0.2, 0.25) is 0 Å². The van der Waals surface area contributed by atoms with Crippen molar-refractivity contribution in [1.29, 1.82) is 0 Å². The van der Waals surface area contributed by atoms with Crippen molar-refractivity contribution < 1.29 is 4.74 Å². The second-order valence-electron chi connectivity index (χ2n) is 14.0. The van der Waals surface area contributed by atoms with E-state index in [1.807, 2.05) is 12.3 Å². The van der Waals surface area contributed by atoms with Crippen molar-refractivity contribution in [2.24, 2.45) is 0 Å². The van der Waals surface area contributed by atoms with Gasteiger partial charge in [-0.2, -0.15) is 0 Å². The Morgan fingerprint density at radius 3 is 2.12 bits per heavy atom. The average molecular weight is 638 g/mol. The summed E-state index contributed by atoms with van der Waals surface area (Å²) < 4.78 is 11.3. The predicted molar refractivity (Wildman–Crippen MR) is 200 cm³/mol. The first-order valence-corrected chi connectivity index (χ1v) is 16.7. The van der Waals surface area contributed by atoms with Gasteiger partial charge in [0.25, 0.3) is 0 Å². The van der Waals surface area contributed by atoms with Gasteiger partial charge in [0.05, 0.1) is 16.7 Å². The molecule has 238 valence electrons. The van der Waals surface area contributed by atoms with Gasteiger partial charge in [0, 0.05) is 39.4 Å². The molecular formula is C43H35N5O. The fraction of sp³-hybridized carbons (Fsp3) is 0.140. The van der Waals surface area contributed by atoms with E-state index in [0.29, 0.717) is 0 Å². The molecule has 49 heavy (non-hydrogen) atoms. The van der Waals surface area contributed by atoms with E-state index in [9.17, 15) is 0 Å². The summed E-state index contributed by atoms with van der Waals surface area (Å²) in [5, 5.41) is 15.2. The number of hydrogen-bond acceptors (Lipinski definition) is 4. The molecule has 9 aromatic rings. The van der Waals surface area contributed by atoms with Crippen molar-refractivity contribution >= 4 is 49.3 Å². The second kappa shape index (κ2) is 10.8. The minimum atomic E-state index is -0.113. The molecule has 0 unspecified atom stereocenters. The number of hydrogen-bond donors (Lipinski definition) is 0. The highest BCUT2D eigenvalue weighted by Crippen LogP contribution is 2.40. The van der Waals surface area contributed by atoms with E-state index in [1.165, 1.54) is 10.9 Å². The predicted octanol–water partition coefficient (Wildman–Crippen LogP) is 10.9. The number of ether oxygens (including phenoxy) is 1. The number of pyridine rings is 2. The first kappa shape index (κ1) is 29.2. The zero-order valence-corrected chi connectivity index (χ0v) is 28.2. The quantitative estimate of drug-likeness (QED) is 0.180. The third-order valence-electron chi connectivity index (χ3n) is 9.70. The Bertz CT molecular complexity index is 2710. The van der Waals surface area contributed by atoms with E-state index in [0.717, 1.165) is 83.6 Å². The van der Waals surface area contributed by atoms with Crippen molar-refractivity contribution in [2.45, 2.75) is 40.0 Å². The van der Waals surface area contributed by atoms with Crippen LogP contribution in [0.4, 0.5) is 0 Å². The Hall–Kier alpha value is -6.01. The molecule has 0 aliphatic rings. The smallest absolute Gasteiger partial charge is 0.169 e. The summed E-state index contributed by atoms with van der Waals surface area (Å²) in [6, 6.07) is 40.3. The minimum Gasteiger partial charge on any atom is -0.457 e. The van der Waals surface area contributed by atoms with E-state index in [1.54, 1.807) is 0 Å². The van der Waals surface area contributed by atoms with Crippen LogP contribution in [-0.4, -0.2) is 24.1 Å². The van der Waals surface area contributed by atoms with E-state index in [4.69, 9.17) is 19.9 Å². The molecule has 0 N–H and O–H groups in total. The van der Waals surface area contributed by atoms with Crippen LogP contribution in [0.15, 0.2) is 121 Å². The van der Waals surface area contributed by atoms with Gasteiger partial charge in [-0.1, -0.05) is 81.4 Å². The molecule has 6 heteroatoms. The lowest BCUT2D eigenvalue weighted by Crippen LogP contribution is -2.12. The maximum absolute atomic E-state index is 6.85. The van der Waals surface area contributed by atoms with Crippen LogP contribution < -0.4 is 4.74 Å². The molecule has 4 aromatic heterocycles. The summed E-state index contributed by atoms with van der Waals surface area (Å²) in [6.07, 6.45) is 1.86. The summed E-state index contributed by atoms with van der Waals surface area (Å²) in [5.41, 5.74) is 9.33. The van der Waals surface area contributed by atoms with Gasteiger partial charge in [-0.25, -0.2) is 4.98 Å². The maximum atomic E-state index is 6.85. The number of aromatic nitrogens is 5. The van der Waals surface area contributed by atoms with Crippen LogP contribution in [0.5, 0.6) is 11.5 Å². The van der Waals surface area contributed by atoms with Gasteiger partial charge >= 0.3 is 0 Å². The lowest BCUT2D eigenvalue weighted by Gasteiger charge is -2.22. The molecule has 0 saturated carbocycles. The van der Waals surface area contributed by atoms with Gasteiger partial charge in [-0.05, 0) is 89.9 Å². The van der Waals surface area contributed by atoms with E-state index in [-0.39, 0.29) is 5.41 Å². The second-order valence-corrected chi connectivity index (χ2v) is 14.0. The van der Waals surface area contributed by atoms with Crippen LogP contribution in [0.1, 0.15) is 37.5 Å². The van der Waals surface area contributed by atoms with Crippen molar-refractivity contribution in [2.75, 3.05) is 0 Å². The highest BCUT2D eigenvalue weighted by atomic mass is 16.5. The molecule has 0 amide bonds. The molecule has 6 nitrogen and oxygen atoms in total. The Morgan fingerprint density at radius 1 is 0.592 bits per heavy atom. The monoisotopic (exact) mass is 637 g/mol. The van der Waals surface area contributed by atoms with Gasteiger partial charge in [-0.3, -0.25) is 8.97 Å². The minimum absolute atomic E-state index is 0.113. The summed E-state index contributed by atoms with van der Waals surface area (Å²) in [4.78, 5) is 4.84. The molecule has 9 rings (SSSR count). The fourth-order valence-electron chi connectivity index (χ4n) is 7.31. The standard InChI is InChI=1S/C43H35N5O/c1-26-13-6-7-14-32(26)41-45-46-42-36-25-30(21-27(2)39(36)35-16-9-11-19-38(35)48(41)42)49-31-23-28(43(3,4)5)22-29(24-31)47-37-18-10-8-15-33(37)34-17-12-20-44-40(34)47/h6-25H,1-5H3. The lowest BCUT2D eigenvalue weighted by atomic mass is 9.86. The first-order valence-electron chi connectivity index (χ1n) is 16.7. The Morgan fingerprint density at radius 2 is 1.31 bits per heavy atom. The molecule has 0 radical (unpaired) electrons. The number of para-hydroxylation sites is 2. The number of nitrogens with zero attached hydrogens (tertiary/aromatic N) is 5. The van der Waals surface area contributed by atoms with Crippen molar-refractivity contribution in [1.82, 2.24) is 24.1 Å². The third-order valence-corrected chi connectivity index (χ3v) is 9.70. The topological polar surface area (TPSA) is 57.2 Å². The van der Waals surface area contributed by atoms with E-state index >= 15 is 0 Å². The van der Waals surface area contributed by atoms with Gasteiger partial charge in [-0.15, -0.1) is 10.2 Å². The maximum Gasteiger partial charge on any atom is 0.169 e. The molecule has 0 fully saturated rings. The molecule has 5 aromatic carbocycles. The van der Waals surface area contributed by atoms with Crippen molar-refractivity contribution in [3.8, 4) is 28.6 Å². The highest BCUT2D eigenvalue weighted by molar-refractivity contribution is 6.14. The van der Waals surface area contributed by atoms with E-state index < -0.39 is 0 Å². The largest absolute Gasteiger partial charge is 0.457 e. The molecule has 4 heterocycles. The van der Waals surface area contributed by atoms with Gasteiger partial charge < -0.3 is 4.74 Å². The Labute approximate surface area is 284 Å². The summed E-state index contributed by atoms with van der Waals surface area (Å²) in [6.45, 7) is 11.0. The van der Waals surface area contributed by atoms with E-state index in [2.05, 4.69) is 153 Å². The molecular weight excluding hydrogens is 603 g/mol. The zero-order chi connectivity index (χ0) is 33.4. The van der Waals surface area contributed by atoms with Crippen molar-refractivity contribution in [3.63, 3.8) is 0 Å². The average Bonchev–Trinajstić information content (AvgIpc) is 3.68. The van der Waals surface area contributed by atoms with Crippen LogP contribution in [0.25, 0.3) is 66.3 Å². The number of aryl methyl sites for hydroxylation is 2. The fourth-order valence-corrected chi connectivity index (χ4v) is 7.31. The Kier molecular flexibility index (Phi) is 6.40. The van der Waals surface area contributed by atoms with Gasteiger partial charge in [0.15, 0.2) is 11.5 Å². The number of rotatable bonds is 4. The Balaban J connectivity index is 1.26. The van der Waals surface area contributed by atoms with Crippen molar-refractivity contribution in [3.05, 3.63) is 138 Å². The lowest BCUT2D eigenvalue weighted by molar-refractivity contribution is 0.478. The first-order chi connectivity index (χ1) is 23.8. The number of benzene rings is 5. The number of fused-ring (bicyclic) bond motifs is 9. The molecule has 0 aliphatic carbocycles. The van der Waals surface area contributed by atoms with Gasteiger partial charge in [0.1, 0.15) is 17.1 Å². The summed E-state index contributed by atoms with van der Waals surface area (Å²) >= 11 is 0. The van der Waals surface area contributed by atoms with Crippen LogP contribution in [0.3, 0.4) is 0 Å². The molecule has 0 aliphatic heterocycles. The molecule has 0 spiro atoms. The molecule has 0 bridgehead atoms. The normalized spacial score (nSPS) is 12.2. The zero-order valence-electron chi connectivity index (χ0n) is 28.2. The molecule has 0 atom stereocenters. The highest BCUT2D eigenvalue weighted by Gasteiger charge is 2.22. The van der Waals surface area contributed by atoms with Crippen LogP contribution in [0.2, 0.25) is 0 Å². The SMILES string of the molecule is Cc1ccccc1-c1nnc2c3cc(Oc4cc(-n5c6ccccc6c6cccnc65)cc(C(C)(C)C)c4)cc(C)c3c3ccccc3n12. The molecule has 0 saturated heterocycles. The van der Waals surface area contributed by atoms with Crippen LogP contribution in [-0.2, 0) is 5.41 Å². The third kappa shape index (κ3) is 4.59. The summed E-state index contributed by atoms with van der Waals surface area (Å²) in [5.74, 6) is 2.35. The van der Waals surface area contributed by atoms with Crippen LogP contribution >= 0.6 is 0 Å². The van der Waals surface area contributed by atoms with Crippen LogP contribution in [0, 0.1) is 13.8 Å².